The van der Waals surface area contributed by atoms with E-state index in [9.17, 15) is 9.18 Å². The number of amides is 1. The number of carbonyl (C=O) groups is 1. The molecule has 158 valence electrons. The monoisotopic (exact) mass is 436 g/mol. The Labute approximate surface area is 185 Å². The van der Waals surface area contributed by atoms with E-state index in [0.29, 0.717) is 24.6 Å². The number of benzene rings is 2. The molecule has 1 saturated heterocycles. The number of rotatable bonds is 2. The Morgan fingerprint density at radius 3 is 2.71 bits per heavy atom. The van der Waals surface area contributed by atoms with Gasteiger partial charge < -0.3 is 10.2 Å². The summed E-state index contributed by atoms with van der Waals surface area (Å²) < 4.78 is 13.5. The second-order valence-electron chi connectivity index (χ2n) is 8.24. The Bertz CT molecular complexity index is 1170. The molecule has 1 aliphatic carbocycles. The third kappa shape index (κ3) is 3.35. The van der Waals surface area contributed by atoms with Crippen molar-refractivity contribution in [2.75, 3.05) is 25.5 Å². The zero-order chi connectivity index (χ0) is 21.6. The number of hydrogen-bond acceptors (Lipinski definition) is 4. The lowest BCUT2D eigenvalue weighted by molar-refractivity contribution is 0.0664. The van der Waals surface area contributed by atoms with Crippen molar-refractivity contribution >= 4 is 23.5 Å². The number of anilines is 1. The number of carbonyl (C=O) groups excluding carboxylic acids is 1. The molecule has 0 saturated carbocycles. The van der Waals surface area contributed by atoms with Gasteiger partial charge in [-0.05, 0) is 48.6 Å². The molecule has 1 spiro atoms. The maximum absolute atomic E-state index is 13.5. The lowest BCUT2D eigenvalue weighted by atomic mass is 9.64. The van der Waals surface area contributed by atoms with Crippen LogP contribution >= 0.6 is 11.6 Å². The van der Waals surface area contributed by atoms with Crippen LogP contribution in [0.5, 0.6) is 0 Å². The number of hydrogen-bond donors (Lipinski definition) is 1. The van der Waals surface area contributed by atoms with Gasteiger partial charge in [0.25, 0.3) is 5.91 Å². The molecule has 0 atom stereocenters. The van der Waals surface area contributed by atoms with Gasteiger partial charge in [-0.15, -0.1) is 0 Å². The molecule has 3 aromatic rings. The Morgan fingerprint density at radius 1 is 1.19 bits per heavy atom. The number of fused-ring (bicyclic) bond motifs is 4. The smallest absolute Gasteiger partial charge is 0.253 e. The zero-order valence-corrected chi connectivity index (χ0v) is 17.9. The van der Waals surface area contributed by atoms with Crippen molar-refractivity contribution in [3.8, 4) is 11.3 Å². The third-order valence-electron chi connectivity index (χ3n) is 6.54. The van der Waals surface area contributed by atoms with Crippen molar-refractivity contribution < 1.29 is 9.18 Å². The summed E-state index contributed by atoms with van der Waals surface area (Å²) in [5.74, 6) is -0.0111. The molecule has 1 N–H and O–H groups in total. The largest absolute Gasteiger partial charge is 0.357 e. The van der Waals surface area contributed by atoms with Gasteiger partial charge in [0.2, 0.25) is 5.95 Å². The van der Waals surface area contributed by atoms with Crippen molar-refractivity contribution in [1.82, 2.24) is 14.9 Å². The van der Waals surface area contributed by atoms with Crippen molar-refractivity contribution in [2.45, 2.75) is 24.7 Å². The molecular formula is C24H22ClFN4O. The molecule has 1 amide bonds. The maximum atomic E-state index is 13.5. The number of likely N-dealkylation sites (tertiary alicyclic amines) is 1. The van der Waals surface area contributed by atoms with Crippen molar-refractivity contribution in [3.63, 3.8) is 0 Å². The number of halogens is 2. The second kappa shape index (κ2) is 7.61. The SMILES string of the molecule is CNc1ncc2c(n1)-c1ccccc1C1(CCN(C(=O)c3ccc(F)c(Cl)c3)CC1)C2. The van der Waals surface area contributed by atoms with Gasteiger partial charge in [-0.2, -0.15) is 0 Å². The third-order valence-corrected chi connectivity index (χ3v) is 6.83. The van der Waals surface area contributed by atoms with Gasteiger partial charge in [-0.25, -0.2) is 14.4 Å². The van der Waals surface area contributed by atoms with Gasteiger partial charge >= 0.3 is 0 Å². The predicted octanol–water partition coefficient (Wildman–Crippen LogP) is 4.71. The fourth-order valence-electron chi connectivity index (χ4n) is 4.90. The molecule has 7 heteroatoms. The van der Waals surface area contributed by atoms with Crippen LogP contribution in [-0.2, 0) is 11.8 Å². The van der Waals surface area contributed by atoms with Gasteiger partial charge in [0.15, 0.2) is 0 Å². The Hall–Kier alpha value is -2.99. The van der Waals surface area contributed by atoms with Crippen LogP contribution in [-0.4, -0.2) is 40.9 Å². The van der Waals surface area contributed by atoms with Crippen LogP contribution in [0.4, 0.5) is 10.3 Å². The summed E-state index contributed by atoms with van der Waals surface area (Å²) in [6.45, 7) is 1.26. The Kier molecular flexibility index (Phi) is 4.89. The number of piperidine rings is 1. The fourth-order valence-corrected chi connectivity index (χ4v) is 5.08. The van der Waals surface area contributed by atoms with Crippen LogP contribution in [0.15, 0.2) is 48.7 Å². The molecule has 2 aromatic carbocycles. The van der Waals surface area contributed by atoms with Crippen LogP contribution in [0.3, 0.4) is 0 Å². The molecule has 0 radical (unpaired) electrons. The Morgan fingerprint density at radius 2 is 1.97 bits per heavy atom. The molecule has 0 bridgehead atoms. The lowest BCUT2D eigenvalue weighted by Gasteiger charge is -2.45. The van der Waals surface area contributed by atoms with Crippen LogP contribution in [0, 0.1) is 5.82 Å². The minimum Gasteiger partial charge on any atom is -0.357 e. The summed E-state index contributed by atoms with van der Waals surface area (Å²) in [5, 5.41) is 2.99. The Balaban J connectivity index is 1.43. The summed E-state index contributed by atoms with van der Waals surface area (Å²) >= 11 is 5.88. The van der Waals surface area contributed by atoms with Crippen LogP contribution < -0.4 is 5.32 Å². The zero-order valence-electron chi connectivity index (χ0n) is 17.2. The number of nitrogens with zero attached hydrogens (tertiary/aromatic N) is 3. The molecule has 1 aliphatic heterocycles. The highest BCUT2D eigenvalue weighted by Gasteiger charge is 2.42. The lowest BCUT2D eigenvalue weighted by Crippen LogP contribution is -2.47. The molecule has 5 nitrogen and oxygen atoms in total. The fraction of sp³-hybridized carbons (Fsp3) is 0.292. The molecule has 5 rings (SSSR count). The first-order chi connectivity index (χ1) is 15.0. The quantitative estimate of drug-likeness (QED) is 0.632. The minimum atomic E-state index is -0.517. The molecular weight excluding hydrogens is 415 g/mol. The molecule has 1 fully saturated rings. The molecule has 2 aliphatic rings. The van der Waals surface area contributed by atoms with E-state index >= 15 is 0 Å². The first kappa shape index (κ1) is 19.9. The molecule has 2 heterocycles. The van der Waals surface area contributed by atoms with E-state index in [1.54, 1.807) is 0 Å². The van der Waals surface area contributed by atoms with E-state index in [-0.39, 0.29) is 16.3 Å². The van der Waals surface area contributed by atoms with Gasteiger partial charge in [0, 0.05) is 42.9 Å². The van der Waals surface area contributed by atoms with E-state index in [2.05, 4.69) is 28.5 Å². The summed E-state index contributed by atoms with van der Waals surface area (Å²) in [6.07, 6.45) is 4.47. The molecule has 0 unspecified atom stereocenters. The van der Waals surface area contributed by atoms with E-state index < -0.39 is 5.82 Å². The van der Waals surface area contributed by atoms with Gasteiger partial charge in [0.05, 0.1) is 10.7 Å². The highest BCUT2D eigenvalue weighted by molar-refractivity contribution is 6.31. The highest BCUT2D eigenvalue weighted by Crippen LogP contribution is 2.48. The van der Waals surface area contributed by atoms with Crippen molar-refractivity contribution in [2.24, 2.45) is 0 Å². The first-order valence-corrected chi connectivity index (χ1v) is 10.8. The number of aromatic nitrogens is 2. The molecule has 1 aromatic heterocycles. The van der Waals surface area contributed by atoms with Crippen molar-refractivity contribution in [3.05, 3.63) is 76.2 Å². The van der Waals surface area contributed by atoms with E-state index in [1.807, 2.05) is 24.2 Å². The van der Waals surface area contributed by atoms with E-state index in [0.717, 1.165) is 36.1 Å². The summed E-state index contributed by atoms with van der Waals surface area (Å²) in [6, 6.07) is 12.6. The van der Waals surface area contributed by atoms with E-state index in [4.69, 9.17) is 16.6 Å². The number of nitrogens with one attached hydrogen (secondary N) is 1. The maximum Gasteiger partial charge on any atom is 0.253 e. The molecule has 31 heavy (non-hydrogen) atoms. The average Bonchev–Trinajstić information content (AvgIpc) is 2.81. The van der Waals surface area contributed by atoms with Gasteiger partial charge in [-0.1, -0.05) is 35.9 Å². The standard InChI is InChI=1S/C24H22ClFN4O/c1-27-23-28-14-16-13-24(18-5-3-2-4-17(18)21(16)29-23)8-10-30(11-9-24)22(31)15-6-7-20(26)19(25)12-15/h2-7,12,14H,8-11,13H2,1H3,(H,27,28,29). The topological polar surface area (TPSA) is 58.1 Å². The van der Waals surface area contributed by atoms with Gasteiger partial charge in [0.1, 0.15) is 5.82 Å². The van der Waals surface area contributed by atoms with Crippen LogP contribution in [0.25, 0.3) is 11.3 Å². The predicted molar refractivity (Wildman–Crippen MR) is 119 cm³/mol. The average molecular weight is 437 g/mol. The summed E-state index contributed by atoms with van der Waals surface area (Å²) in [4.78, 5) is 24.0. The van der Waals surface area contributed by atoms with Crippen molar-refractivity contribution in [1.29, 1.82) is 0 Å². The summed E-state index contributed by atoms with van der Waals surface area (Å²) in [7, 11) is 1.82. The summed E-state index contributed by atoms with van der Waals surface area (Å²) in [5.41, 5.74) is 4.94. The second-order valence-corrected chi connectivity index (χ2v) is 8.65. The van der Waals surface area contributed by atoms with Crippen LogP contribution in [0.2, 0.25) is 5.02 Å². The van der Waals surface area contributed by atoms with Gasteiger partial charge in [-0.3, -0.25) is 4.79 Å². The van der Waals surface area contributed by atoms with E-state index in [1.165, 1.54) is 23.8 Å². The van der Waals surface area contributed by atoms with Crippen LogP contribution in [0.1, 0.15) is 34.3 Å². The first-order valence-electron chi connectivity index (χ1n) is 10.4. The normalized spacial score (nSPS) is 16.5. The highest BCUT2D eigenvalue weighted by atomic mass is 35.5. The minimum absolute atomic E-state index is 0.0296.